The first-order valence-electron chi connectivity index (χ1n) is 9.00. The summed E-state index contributed by atoms with van der Waals surface area (Å²) in [5, 5.41) is 6.33. The quantitative estimate of drug-likeness (QED) is 0.319. The number of guanidine groups is 1. The van der Waals surface area contributed by atoms with Crippen molar-refractivity contribution < 1.29 is 32.5 Å². The number of aliphatic imine (C=N–C) groups is 1. The zero-order valence-electron chi connectivity index (χ0n) is 16.3. The Morgan fingerprint density at radius 3 is 2.52 bits per heavy atom. The molecule has 0 bridgehead atoms. The second-order valence-electron chi connectivity index (χ2n) is 6.47. The van der Waals surface area contributed by atoms with E-state index in [2.05, 4.69) is 20.4 Å². The minimum Gasteiger partial charge on any atom is -0.454 e. The molecule has 0 amide bonds. The number of nitrogens with zero attached hydrogens (tertiary/aromatic N) is 1. The Kier molecular flexibility index (Phi) is 8.96. The van der Waals surface area contributed by atoms with E-state index in [1.54, 1.807) is 20.2 Å². The predicted octanol–water partition coefficient (Wildman–Crippen LogP) is 2.50. The molecule has 0 saturated carbocycles. The first kappa shape index (κ1) is 23.7. The van der Waals surface area contributed by atoms with Gasteiger partial charge in [-0.3, -0.25) is 4.99 Å². The fourth-order valence-corrected chi connectivity index (χ4v) is 3.15. The Hall–Kier alpha value is -1.60. The van der Waals surface area contributed by atoms with Crippen molar-refractivity contribution in [3.8, 4) is 17.2 Å². The molecule has 1 saturated heterocycles. The van der Waals surface area contributed by atoms with Crippen LogP contribution < -0.4 is 24.8 Å². The number of nitrogens with one attached hydrogen (secondary N) is 2. The van der Waals surface area contributed by atoms with E-state index in [1.807, 2.05) is 0 Å². The van der Waals surface area contributed by atoms with E-state index >= 15 is 0 Å². The molecule has 3 rings (SSSR count). The summed E-state index contributed by atoms with van der Waals surface area (Å²) >= 11 is 0. The van der Waals surface area contributed by atoms with Crippen LogP contribution in [0.25, 0.3) is 0 Å². The van der Waals surface area contributed by atoms with Crippen molar-refractivity contribution in [3.05, 3.63) is 17.7 Å². The summed E-state index contributed by atoms with van der Waals surface area (Å²) in [7, 11) is 3.32. The van der Waals surface area contributed by atoms with Gasteiger partial charge in [-0.1, -0.05) is 0 Å². The summed E-state index contributed by atoms with van der Waals surface area (Å²) in [5.74, 6) is 1.41. The number of alkyl halides is 2. The van der Waals surface area contributed by atoms with Crippen molar-refractivity contribution in [2.45, 2.75) is 31.6 Å². The van der Waals surface area contributed by atoms with Crippen LogP contribution in [0.1, 0.15) is 18.4 Å². The molecule has 0 aliphatic carbocycles. The van der Waals surface area contributed by atoms with Crippen LogP contribution in [0, 0.1) is 0 Å². The zero-order valence-corrected chi connectivity index (χ0v) is 18.7. The maximum atomic E-state index is 12.8. The number of benzene rings is 1. The van der Waals surface area contributed by atoms with Crippen molar-refractivity contribution in [2.75, 3.05) is 40.7 Å². The summed E-state index contributed by atoms with van der Waals surface area (Å²) in [6.07, 6.45) is 1.56. The minimum absolute atomic E-state index is 0. The lowest BCUT2D eigenvalue weighted by atomic mass is 9.94. The summed E-state index contributed by atoms with van der Waals surface area (Å²) in [6, 6.07) is 3.03. The van der Waals surface area contributed by atoms with Gasteiger partial charge in [-0.15, -0.1) is 24.0 Å². The summed E-state index contributed by atoms with van der Waals surface area (Å²) in [4.78, 5) is 4.18. The number of fused-ring (bicyclic) bond motifs is 1. The Balaban J connectivity index is 0.00000300. The van der Waals surface area contributed by atoms with E-state index in [-0.39, 0.29) is 48.7 Å². The van der Waals surface area contributed by atoms with Crippen LogP contribution >= 0.6 is 24.0 Å². The second kappa shape index (κ2) is 11.0. The van der Waals surface area contributed by atoms with E-state index in [0.717, 1.165) is 12.8 Å². The lowest BCUT2D eigenvalue weighted by Crippen LogP contribution is -2.50. The van der Waals surface area contributed by atoms with E-state index in [4.69, 9.17) is 18.9 Å². The normalized spacial score (nSPS) is 17.6. The van der Waals surface area contributed by atoms with Crippen LogP contribution in [0.5, 0.6) is 17.2 Å². The maximum absolute atomic E-state index is 12.8. The molecule has 29 heavy (non-hydrogen) atoms. The highest BCUT2D eigenvalue weighted by molar-refractivity contribution is 14.0. The first-order valence-corrected chi connectivity index (χ1v) is 9.00. The molecule has 0 radical (unpaired) electrons. The Morgan fingerprint density at radius 2 is 1.90 bits per heavy atom. The van der Waals surface area contributed by atoms with Crippen molar-refractivity contribution >= 4 is 29.9 Å². The Bertz CT molecular complexity index is 702. The van der Waals surface area contributed by atoms with Gasteiger partial charge in [0.1, 0.15) is 5.75 Å². The standard InChI is InChI=1S/C18H25F2N3O5.HI/c1-21-17(23-10-18(24-2)3-5-25-6-4-18)22-9-12-7-14-15(27-11-26-14)8-13(12)28-16(19)20;/h7-8,16H,3-6,9-11H2,1-2H3,(H2,21,22,23);1H. The van der Waals surface area contributed by atoms with E-state index in [9.17, 15) is 8.78 Å². The molecule has 2 aliphatic heterocycles. The van der Waals surface area contributed by atoms with Gasteiger partial charge in [-0.25, -0.2) is 0 Å². The van der Waals surface area contributed by atoms with Gasteiger partial charge in [-0.2, -0.15) is 8.78 Å². The summed E-state index contributed by atoms with van der Waals surface area (Å²) < 4.78 is 51.8. The largest absolute Gasteiger partial charge is 0.454 e. The molecule has 11 heteroatoms. The third-order valence-electron chi connectivity index (χ3n) is 4.86. The fraction of sp³-hybridized carbons (Fsp3) is 0.611. The molecule has 1 aromatic carbocycles. The summed E-state index contributed by atoms with van der Waals surface area (Å²) in [6.45, 7) is -0.839. The van der Waals surface area contributed by atoms with E-state index in [1.165, 1.54) is 6.07 Å². The molecule has 0 unspecified atom stereocenters. The zero-order chi connectivity index (χ0) is 20.0. The van der Waals surface area contributed by atoms with Gasteiger partial charge in [0.25, 0.3) is 0 Å². The number of hydrogen-bond acceptors (Lipinski definition) is 6. The molecular weight excluding hydrogens is 503 g/mol. The van der Waals surface area contributed by atoms with Gasteiger partial charge in [0.15, 0.2) is 17.5 Å². The monoisotopic (exact) mass is 529 g/mol. The lowest BCUT2D eigenvalue weighted by molar-refractivity contribution is -0.0855. The van der Waals surface area contributed by atoms with Crippen molar-refractivity contribution in [3.63, 3.8) is 0 Å². The highest BCUT2D eigenvalue weighted by atomic mass is 127. The molecule has 2 aliphatic rings. The van der Waals surface area contributed by atoms with Crippen LogP contribution in [-0.2, 0) is 16.0 Å². The predicted molar refractivity (Wildman–Crippen MR) is 113 cm³/mol. The van der Waals surface area contributed by atoms with Gasteiger partial charge in [0.2, 0.25) is 6.79 Å². The lowest BCUT2D eigenvalue weighted by Gasteiger charge is -2.36. The van der Waals surface area contributed by atoms with Gasteiger partial charge in [0, 0.05) is 64.9 Å². The van der Waals surface area contributed by atoms with Crippen molar-refractivity contribution in [2.24, 2.45) is 4.99 Å². The van der Waals surface area contributed by atoms with Crippen molar-refractivity contribution in [1.29, 1.82) is 0 Å². The number of methoxy groups -OCH3 is 1. The minimum atomic E-state index is -2.94. The molecule has 1 aromatic rings. The highest BCUT2D eigenvalue weighted by Gasteiger charge is 2.32. The highest BCUT2D eigenvalue weighted by Crippen LogP contribution is 2.38. The Labute approximate surface area is 185 Å². The summed E-state index contributed by atoms with van der Waals surface area (Å²) in [5.41, 5.74) is 0.179. The third kappa shape index (κ3) is 6.19. The number of hydrogen-bond donors (Lipinski definition) is 2. The van der Waals surface area contributed by atoms with E-state index < -0.39 is 6.61 Å². The SMILES string of the molecule is CN=C(NCc1cc2c(cc1OC(F)F)OCO2)NCC1(OC)CCOCC1.I. The number of halogens is 3. The number of ether oxygens (including phenoxy) is 5. The van der Waals surface area contributed by atoms with Gasteiger partial charge >= 0.3 is 6.61 Å². The van der Waals surface area contributed by atoms with Crippen LogP contribution in [0.2, 0.25) is 0 Å². The molecule has 0 aromatic heterocycles. The smallest absolute Gasteiger partial charge is 0.387 e. The molecule has 0 spiro atoms. The van der Waals surface area contributed by atoms with Gasteiger partial charge in [0.05, 0.1) is 5.60 Å². The fourth-order valence-electron chi connectivity index (χ4n) is 3.15. The van der Waals surface area contributed by atoms with Crippen LogP contribution in [-0.4, -0.2) is 58.9 Å². The Morgan fingerprint density at radius 1 is 1.21 bits per heavy atom. The first-order chi connectivity index (χ1) is 13.5. The van der Waals surface area contributed by atoms with Gasteiger partial charge < -0.3 is 34.3 Å². The molecule has 164 valence electrons. The number of rotatable bonds is 7. The van der Waals surface area contributed by atoms with Gasteiger partial charge in [-0.05, 0) is 6.07 Å². The van der Waals surface area contributed by atoms with E-state index in [0.29, 0.717) is 42.8 Å². The average Bonchev–Trinajstić information content (AvgIpc) is 3.15. The molecule has 1 fully saturated rings. The molecule has 0 atom stereocenters. The molecule has 2 heterocycles. The van der Waals surface area contributed by atoms with Crippen LogP contribution in [0.4, 0.5) is 8.78 Å². The molecular formula is C18H26F2IN3O5. The topological polar surface area (TPSA) is 82.6 Å². The van der Waals surface area contributed by atoms with Crippen LogP contribution in [0.3, 0.4) is 0 Å². The molecule has 2 N–H and O–H groups in total. The van der Waals surface area contributed by atoms with Crippen LogP contribution in [0.15, 0.2) is 17.1 Å². The second-order valence-corrected chi connectivity index (χ2v) is 6.47. The maximum Gasteiger partial charge on any atom is 0.387 e. The average molecular weight is 529 g/mol. The van der Waals surface area contributed by atoms with Crippen molar-refractivity contribution in [1.82, 2.24) is 10.6 Å². The molecule has 8 nitrogen and oxygen atoms in total. The third-order valence-corrected chi connectivity index (χ3v) is 4.86.